The molecule has 0 radical (unpaired) electrons. The second-order valence-corrected chi connectivity index (χ2v) is 7.26. The van der Waals surface area contributed by atoms with Gasteiger partial charge in [-0.1, -0.05) is 47.5 Å². The standard InChI is InChI=1S/C16H15Cl2NO2S/c1-12(14-3-2-4-16(18)11-14)19-22(20,21)10-9-13-5-7-15(17)8-6-13/h2-12,19H,1H3/b10-9+/t12-/m1/s1. The lowest BCUT2D eigenvalue weighted by molar-refractivity contribution is 0.576. The van der Waals surface area contributed by atoms with Crippen molar-refractivity contribution in [3.05, 3.63) is 75.1 Å². The summed E-state index contributed by atoms with van der Waals surface area (Å²) in [5, 5.41) is 2.31. The van der Waals surface area contributed by atoms with E-state index in [4.69, 9.17) is 23.2 Å². The number of hydrogen-bond acceptors (Lipinski definition) is 2. The molecule has 0 bridgehead atoms. The van der Waals surface area contributed by atoms with E-state index >= 15 is 0 Å². The summed E-state index contributed by atoms with van der Waals surface area (Å²) in [6, 6.07) is 13.6. The predicted molar refractivity (Wildman–Crippen MR) is 92.4 cm³/mol. The van der Waals surface area contributed by atoms with E-state index in [1.807, 2.05) is 6.07 Å². The second-order valence-electron chi connectivity index (χ2n) is 4.79. The van der Waals surface area contributed by atoms with Gasteiger partial charge in [-0.3, -0.25) is 0 Å². The molecule has 2 rings (SSSR count). The summed E-state index contributed by atoms with van der Waals surface area (Å²) in [6.07, 6.45) is 1.52. The lowest BCUT2D eigenvalue weighted by atomic mass is 10.1. The van der Waals surface area contributed by atoms with Crippen LogP contribution in [-0.2, 0) is 10.0 Å². The molecule has 0 heterocycles. The molecule has 0 fully saturated rings. The molecule has 22 heavy (non-hydrogen) atoms. The average molecular weight is 356 g/mol. The highest BCUT2D eigenvalue weighted by molar-refractivity contribution is 7.92. The Morgan fingerprint density at radius 2 is 1.73 bits per heavy atom. The fourth-order valence-electron chi connectivity index (χ4n) is 1.87. The van der Waals surface area contributed by atoms with Gasteiger partial charge >= 0.3 is 0 Å². The minimum Gasteiger partial charge on any atom is -0.208 e. The molecule has 1 N–H and O–H groups in total. The van der Waals surface area contributed by atoms with E-state index < -0.39 is 10.0 Å². The Labute approximate surface area is 140 Å². The predicted octanol–water partition coefficient (Wildman–Crippen LogP) is 4.64. The van der Waals surface area contributed by atoms with E-state index in [-0.39, 0.29) is 6.04 Å². The smallest absolute Gasteiger partial charge is 0.208 e. The number of hydrogen-bond donors (Lipinski definition) is 1. The molecule has 2 aromatic carbocycles. The summed E-state index contributed by atoms with van der Waals surface area (Å²) in [5.41, 5.74) is 1.56. The number of nitrogens with one attached hydrogen (secondary N) is 1. The molecule has 0 spiro atoms. The fraction of sp³-hybridized carbons (Fsp3) is 0.125. The van der Waals surface area contributed by atoms with E-state index in [2.05, 4.69) is 4.72 Å². The lowest BCUT2D eigenvalue weighted by Gasteiger charge is -2.13. The number of sulfonamides is 1. The van der Waals surface area contributed by atoms with Crippen molar-refractivity contribution in [2.24, 2.45) is 0 Å². The Balaban J connectivity index is 2.09. The Morgan fingerprint density at radius 1 is 1.05 bits per heavy atom. The molecule has 6 heteroatoms. The first-order chi connectivity index (χ1) is 10.4. The molecule has 2 aromatic rings. The van der Waals surface area contributed by atoms with Crippen LogP contribution in [0.2, 0.25) is 10.0 Å². The molecule has 116 valence electrons. The highest BCUT2D eigenvalue weighted by atomic mass is 35.5. The van der Waals surface area contributed by atoms with Crippen LogP contribution in [0.5, 0.6) is 0 Å². The van der Waals surface area contributed by atoms with Crippen LogP contribution in [0, 0.1) is 0 Å². The van der Waals surface area contributed by atoms with Gasteiger partial charge in [0, 0.05) is 21.5 Å². The summed E-state index contributed by atoms with van der Waals surface area (Å²) in [4.78, 5) is 0. The highest BCUT2D eigenvalue weighted by Gasteiger charge is 2.13. The molecule has 0 saturated carbocycles. The molecular weight excluding hydrogens is 341 g/mol. The molecule has 0 unspecified atom stereocenters. The van der Waals surface area contributed by atoms with E-state index in [1.165, 1.54) is 6.08 Å². The quantitative estimate of drug-likeness (QED) is 0.848. The zero-order valence-electron chi connectivity index (χ0n) is 11.8. The topological polar surface area (TPSA) is 46.2 Å². The van der Waals surface area contributed by atoms with Gasteiger partial charge in [0.25, 0.3) is 0 Å². The van der Waals surface area contributed by atoms with Gasteiger partial charge in [-0.2, -0.15) is 0 Å². The van der Waals surface area contributed by atoms with Crippen molar-refractivity contribution in [1.29, 1.82) is 0 Å². The number of benzene rings is 2. The van der Waals surface area contributed by atoms with Gasteiger partial charge in [0.15, 0.2) is 0 Å². The number of rotatable bonds is 5. The van der Waals surface area contributed by atoms with Gasteiger partial charge in [-0.05, 0) is 48.4 Å². The van der Waals surface area contributed by atoms with Crippen LogP contribution >= 0.6 is 23.2 Å². The van der Waals surface area contributed by atoms with E-state index in [0.717, 1.165) is 16.5 Å². The summed E-state index contributed by atoms with van der Waals surface area (Å²) >= 11 is 11.7. The van der Waals surface area contributed by atoms with Crippen LogP contribution in [0.1, 0.15) is 24.1 Å². The van der Waals surface area contributed by atoms with Gasteiger partial charge in [-0.15, -0.1) is 0 Å². The molecule has 3 nitrogen and oxygen atoms in total. The fourth-order valence-corrected chi connectivity index (χ4v) is 3.24. The monoisotopic (exact) mass is 355 g/mol. The molecule has 0 aliphatic rings. The third-order valence-electron chi connectivity index (χ3n) is 3.00. The van der Waals surface area contributed by atoms with Crippen LogP contribution in [0.15, 0.2) is 53.9 Å². The Bertz CT molecular complexity index is 771. The summed E-state index contributed by atoms with van der Waals surface area (Å²) < 4.78 is 26.7. The minimum atomic E-state index is -3.56. The third-order valence-corrected chi connectivity index (χ3v) is 4.66. The summed E-state index contributed by atoms with van der Waals surface area (Å²) in [6.45, 7) is 1.76. The molecule has 0 saturated heterocycles. The van der Waals surface area contributed by atoms with Crippen LogP contribution in [0.25, 0.3) is 6.08 Å². The van der Waals surface area contributed by atoms with E-state index in [1.54, 1.807) is 49.4 Å². The zero-order chi connectivity index (χ0) is 16.2. The largest absolute Gasteiger partial charge is 0.234 e. The third kappa shape index (κ3) is 5.14. The van der Waals surface area contributed by atoms with Gasteiger partial charge in [0.2, 0.25) is 10.0 Å². The molecule has 0 aliphatic heterocycles. The molecular formula is C16H15Cl2NO2S. The number of halogens is 2. The van der Waals surface area contributed by atoms with Gasteiger partial charge in [-0.25, -0.2) is 13.1 Å². The first kappa shape index (κ1) is 17.0. The Kier molecular flexibility index (Phi) is 5.64. The van der Waals surface area contributed by atoms with E-state index in [0.29, 0.717) is 10.0 Å². The summed E-state index contributed by atoms with van der Waals surface area (Å²) in [5.74, 6) is 0. The average Bonchev–Trinajstić information content (AvgIpc) is 2.46. The molecule has 0 aliphatic carbocycles. The van der Waals surface area contributed by atoms with Crippen molar-refractivity contribution in [1.82, 2.24) is 4.72 Å². The lowest BCUT2D eigenvalue weighted by Crippen LogP contribution is -2.24. The Hall–Kier alpha value is -1.33. The van der Waals surface area contributed by atoms with Crippen molar-refractivity contribution in [2.75, 3.05) is 0 Å². The zero-order valence-corrected chi connectivity index (χ0v) is 14.2. The van der Waals surface area contributed by atoms with Crippen molar-refractivity contribution < 1.29 is 8.42 Å². The second kappa shape index (κ2) is 7.29. The Morgan fingerprint density at radius 3 is 2.36 bits per heavy atom. The maximum Gasteiger partial charge on any atom is 0.234 e. The maximum atomic E-state index is 12.1. The van der Waals surface area contributed by atoms with Crippen molar-refractivity contribution in [2.45, 2.75) is 13.0 Å². The van der Waals surface area contributed by atoms with Crippen molar-refractivity contribution >= 4 is 39.3 Å². The van der Waals surface area contributed by atoms with Gasteiger partial charge in [0.05, 0.1) is 0 Å². The minimum absolute atomic E-state index is 0.376. The highest BCUT2D eigenvalue weighted by Crippen LogP contribution is 2.18. The normalized spacial score (nSPS) is 13.4. The van der Waals surface area contributed by atoms with Crippen LogP contribution in [0.3, 0.4) is 0 Å². The van der Waals surface area contributed by atoms with Crippen molar-refractivity contribution in [3.8, 4) is 0 Å². The van der Waals surface area contributed by atoms with Gasteiger partial charge < -0.3 is 0 Å². The first-order valence-corrected chi connectivity index (χ1v) is 8.87. The maximum absolute atomic E-state index is 12.1. The molecule has 1 atom stereocenters. The van der Waals surface area contributed by atoms with Gasteiger partial charge in [0.1, 0.15) is 0 Å². The molecule has 0 amide bonds. The van der Waals surface area contributed by atoms with Crippen LogP contribution in [-0.4, -0.2) is 8.42 Å². The van der Waals surface area contributed by atoms with E-state index in [9.17, 15) is 8.42 Å². The summed E-state index contributed by atoms with van der Waals surface area (Å²) in [7, 11) is -3.56. The first-order valence-electron chi connectivity index (χ1n) is 6.57. The van der Waals surface area contributed by atoms with Crippen LogP contribution < -0.4 is 4.72 Å². The van der Waals surface area contributed by atoms with Crippen molar-refractivity contribution in [3.63, 3.8) is 0 Å². The van der Waals surface area contributed by atoms with Crippen LogP contribution in [0.4, 0.5) is 0 Å². The SMILES string of the molecule is C[C@@H](NS(=O)(=O)/C=C/c1ccc(Cl)cc1)c1cccc(Cl)c1. The molecule has 0 aromatic heterocycles.